The molecule has 0 amide bonds. The molecule has 0 saturated carbocycles. The van der Waals surface area contributed by atoms with E-state index in [1.54, 1.807) is 0 Å². The second kappa shape index (κ2) is 8.95. The second-order valence-electron chi connectivity index (χ2n) is 9.35. The van der Waals surface area contributed by atoms with Gasteiger partial charge in [0.2, 0.25) is 0 Å². The third kappa shape index (κ3) is 4.05. The molecule has 1 aliphatic rings. The number of piperidine rings is 1. The lowest BCUT2D eigenvalue weighted by Gasteiger charge is -2.29. The van der Waals surface area contributed by atoms with Gasteiger partial charge in [-0.05, 0) is 67.6 Å². The van der Waals surface area contributed by atoms with E-state index in [4.69, 9.17) is 5.10 Å². The molecule has 1 saturated heterocycles. The van der Waals surface area contributed by atoms with Gasteiger partial charge in [0.25, 0.3) is 0 Å². The number of pyridine rings is 1. The normalized spacial score (nSPS) is 14.0. The molecule has 6 rings (SSSR count). The van der Waals surface area contributed by atoms with Gasteiger partial charge in [0.15, 0.2) is 0 Å². The van der Waals surface area contributed by atoms with E-state index < -0.39 is 0 Å². The van der Waals surface area contributed by atoms with Crippen molar-refractivity contribution in [3.05, 3.63) is 73.2 Å². The number of allylic oxidation sites excluding steroid dienone is 1. The summed E-state index contributed by atoms with van der Waals surface area (Å²) < 4.78 is 0. The highest BCUT2D eigenvalue weighted by Gasteiger charge is 2.17. The minimum atomic E-state index is 0.874. The smallest absolute Gasteiger partial charge is 0.116 e. The monoisotopic (exact) mass is 462 g/mol. The zero-order valence-electron chi connectivity index (χ0n) is 20.1. The summed E-state index contributed by atoms with van der Waals surface area (Å²) in [5.41, 5.74) is 9.51. The van der Waals surface area contributed by atoms with Gasteiger partial charge in [0.1, 0.15) is 5.69 Å². The average molecular weight is 463 g/mol. The predicted molar refractivity (Wildman–Crippen MR) is 146 cm³/mol. The highest BCUT2D eigenvalue weighted by molar-refractivity contribution is 6.01. The molecule has 0 unspecified atom stereocenters. The van der Waals surface area contributed by atoms with Gasteiger partial charge in [-0.15, -0.1) is 0 Å². The van der Waals surface area contributed by atoms with Crippen LogP contribution in [0.1, 0.15) is 32.6 Å². The lowest BCUT2D eigenvalue weighted by molar-refractivity contribution is 0.579. The molecule has 5 aromatic rings. The maximum Gasteiger partial charge on any atom is 0.116 e. The Bertz CT molecular complexity index is 1520. The summed E-state index contributed by atoms with van der Waals surface area (Å²) in [6, 6.07) is 17.3. The van der Waals surface area contributed by atoms with Gasteiger partial charge in [-0.1, -0.05) is 25.6 Å². The lowest BCUT2D eigenvalue weighted by atomic mass is 10.0. The lowest BCUT2D eigenvalue weighted by Crippen LogP contribution is -2.29. The molecule has 3 N–H and O–H groups in total. The molecule has 4 heterocycles. The molecule has 176 valence electrons. The number of aromatic amines is 2. The molecule has 2 aromatic carbocycles. The summed E-state index contributed by atoms with van der Waals surface area (Å²) in [6.07, 6.45) is 8.45. The van der Waals surface area contributed by atoms with Crippen LogP contribution in [0.2, 0.25) is 0 Å². The molecule has 0 radical (unpaired) electrons. The van der Waals surface area contributed by atoms with E-state index >= 15 is 0 Å². The van der Waals surface area contributed by atoms with Crippen molar-refractivity contribution in [2.75, 3.05) is 23.3 Å². The Kier molecular flexibility index (Phi) is 5.49. The third-order valence-corrected chi connectivity index (χ3v) is 6.98. The standard InChI is InChI=1S/C29H30N6/c1-3-19(2)31-22-14-21(17-30-18-22)20-10-11-26-24(15-20)29(34-33-26)27-16-23-25(32-27)8-7-9-28(23)35-12-5-4-6-13-35/h7-11,14-18,31-32H,2-6,12-13H2,1H3,(H,33,34). The van der Waals surface area contributed by atoms with E-state index in [-0.39, 0.29) is 0 Å². The van der Waals surface area contributed by atoms with Crippen LogP contribution in [0.5, 0.6) is 0 Å². The molecule has 0 bridgehead atoms. The van der Waals surface area contributed by atoms with Crippen molar-refractivity contribution in [2.24, 2.45) is 0 Å². The van der Waals surface area contributed by atoms with Gasteiger partial charge in [0.05, 0.1) is 23.1 Å². The molecule has 6 heteroatoms. The predicted octanol–water partition coefficient (Wildman–Crippen LogP) is 7.10. The summed E-state index contributed by atoms with van der Waals surface area (Å²) >= 11 is 0. The van der Waals surface area contributed by atoms with Crippen molar-refractivity contribution >= 4 is 33.2 Å². The number of H-pyrrole nitrogens is 2. The summed E-state index contributed by atoms with van der Waals surface area (Å²) in [6.45, 7) is 8.38. The van der Waals surface area contributed by atoms with Crippen LogP contribution in [0, 0.1) is 0 Å². The Balaban J connectivity index is 1.39. The molecule has 0 aliphatic carbocycles. The van der Waals surface area contributed by atoms with E-state index in [0.29, 0.717) is 0 Å². The quantitative estimate of drug-likeness (QED) is 0.252. The molecular weight excluding hydrogens is 432 g/mol. The molecule has 35 heavy (non-hydrogen) atoms. The van der Waals surface area contributed by atoms with Crippen LogP contribution in [0.4, 0.5) is 11.4 Å². The number of fused-ring (bicyclic) bond motifs is 2. The van der Waals surface area contributed by atoms with Gasteiger partial charge < -0.3 is 15.2 Å². The van der Waals surface area contributed by atoms with E-state index in [0.717, 1.165) is 69.8 Å². The van der Waals surface area contributed by atoms with Crippen LogP contribution in [-0.2, 0) is 0 Å². The Morgan fingerprint density at radius 2 is 1.86 bits per heavy atom. The Morgan fingerprint density at radius 3 is 2.71 bits per heavy atom. The van der Waals surface area contributed by atoms with E-state index in [2.05, 4.69) is 87.3 Å². The first-order valence-electron chi connectivity index (χ1n) is 12.4. The largest absolute Gasteiger partial charge is 0.371 e. The van der Waals surface area contributed by atoms with Crippen LogP contribution in [0.15, 0.2) is 73.2 Å². The minimum Gasteiger partial charge on any atom is -0.371 e. The number of nitrogens with zero attached hydrogens (tertiary/aromatic N) is 3. The summed E-state index contributed by atoms with van der Waals surface area (Å²) in [4.78, 5) is 10.6. The summed E-state index contributed by atoms with van der Waals surface area (Å²) in [5.74, 6) is 0. The second-order valence-corrected chi connectivity index (χ2v) is 9.35. The molecule has 0 atom stereocenters. The van der Waals surface area contributed by atoms with Gasteiger partial charge in [-0.3, -0.25) is 10.1 Å². The van der Waals surface area contributed by atoms with Crippen LogP contribution in [-0.4, -0.2) is 33.3 Å². The fraction of sp³-hybridized carbons (Fsp3) is 0.241. The minimum absolute atomic E-state index is 0.874. The van der Waals surface area contributed by atoms with Crippen molar-refractivity contribution in [3.63, 3.8) is 0 Å². The first kappa shape index (κ1) is 21.5. The SMILES string of the molecule is C=C(CC)Nc1cncc(-c2ccc3[nH]nc(-c4cc5c(N6CCCCC6)cccc5[nH]4)c3c2)c1. The van der Waals surface area contributed by atoms with E-state index in [9.17, 15) is 0 Å². The van der Waals surface area contributed by atoms with Crippen LogP contribution < -0.4 is 10.2 Å². The van der Waals surface area contributed by atoms with Crippen molar-refractivity contribution in [1.29, 1.82) is 0 Å². The van der Waals surface area contributed by atoms with Crippen molar-refractivity contribution < 1.29 is 0 Å². The van der Waals surface area contributed by atoms with Crippen molar-refractivity contribution in [3.8, 4) is 22.5 Å². The van der Waals surface area contributed by atoms with Crippen LogP contribution in [0.3, 0.4) is 0 Å². The molecule has 3 aromatic heterocycles. The highest BCUT2D eigenvalue weighted by atomic mass is 15.1. The first-order valence-corrected chi connectivity index (χ1v) is 12.4. The van der Waals surface area contributed by atoms with Gasteiger partial charge >= 0.3 is 0 Å². The van der Waals surface area contributed by atoms with Gasteiger partial charge in [-0.2, -0.15) is 5.10 Å². The Hall–Kier alpha value is -4.06. The Labute approximate surface area is 205 Å². The number of benzene rings is 2. The molecule has 1 fully saturated rings. The fourth-order valence-electron chi connectivity index (χ4n) is 5.03. The summed E-state index contributed by atoms with van der Waals surface area (Å²) in [5, 5.41) is 13.6. The number of aromatic nitrogens is 4. The van der Waals surface area contributed by atoms with Gasteiger partial charge in [0, 0.05) is 52.5 Å². The number of hydrogen-bond acceptors (Lipinski definition) is 4. The fourth-order valence-corrected chi connectivity index (χ4v) is 5.03. The maximum atomic E-state index is 4.70. The van der Waals surface area contributed by atoms with Crippen molar-refractivity contribution in [2.45, 2.75) is 32.6 Å². The van der Waals surface area contributed by atoms with E-state index in [1.165, 1.54) is 30.3 Å². The number of hydrogen-bond donors (Lipinski definition) is 3. The first-order chi connectivity index (χ1) is 17.2. The van der Waals surface area contributed by atoms with Gasteiger partial charge in [-0.25, -0.2) is 0 Å². The molecular formula is C29H30N6. The summed E-state index contributed by atoms with van der Waals surface area (Å²) in [7, 11) is 0. The number of nitrogens with one attached hydrogen (secondary N) is 3. The number of rotatable bonds is 6. The topological polar surface area (TPSA) is 72.6 Å². The molecule has 6 nitrogen and oxygen atoms in total. The zero-order valence-corrected chi connectivity index (χ0v) is 20.1. The van der Waals surface area contributed by atoms with Crippen LogP contribution in [0.25, 0.3) is 44.3 Å². The average Bonchev–Trinajstić information content (AvgIpc) is 3.53. The Morgan fingerprint density at radius 1 is 0.971 bits per heavy atom. The maximum absolute atomic E-state index is 4.70. The van der Waals surface area contributed by atoms with Crippen molar-refractivity contribution in [1.82, 2.24) is 20.2 Å². The third-order valence-electron chi connectivity index (χ3n) is 6.98. The van der Waals surface area contributed by atoms with E-state index in [1.807, 2.05) is 12.4 Å². The highest BCUT2D eigenvalue weighted by Crippen LogP contribution is 2.35. The molecule has 0 spiro atoms. The number of anilines is 2. The van der Waals surface area contributed by atoms with Crippen LogP contribution >= 0.6 is 0 Å². The zero-order chi connectivity index (χ0) is 23.8. The molecule has 1 aliphatic heterocycles.